The highest BCUT2D eigenvalue weighted by Gasteiger charge is 2.04. The Balaban J connectivity index is 2.26. The van der Waals surface area contributed by atoms with E-state index in [4.69, 9.17) is 0 Å². The van der Waals surface area contributed by atoms with Crippen molar-refractivity contribution in [3.8, 4) is 11.4 Å². The molecule has 1 aromatic heterocycles. The molecule has 0 unspecified atom stereocenters. The van der Waals surface area contributed by atoms with Crippen molar-refractivity contribution in [2.45, 2.75) is 18.5 Å². The lowest BCUT2D eigenvalue weighted by molar-refractivity contribution is 0.475. The van der Waals surface area contributed by atoms with Crippen molar-refractivity contribution >= 4 is 11.8 Å². The molecule has 3 nitrogen and oxygen atoms in total. The molecule has 0 bridgehead atoms. The highest BCUT2D eigenvalue weighted by atomic mass is 32.2. The lowest BCUT2D eigenvalue weighted by Gasteiger charge is -2.06. The molecule has 4 heteroatoms. The Morgan fingerprint density at radius 1 is 1.31 bits per heavy atom. The number of hydrogen-bond donors (Lipinski definition) is 1. The summed E-state index contributed by atoms with van der Waals surface area (Å²) in [5, 5.41) is 10.2. The largest absolute Gasteiger partial charge is 0.508 e. The van der Waals surface area contributed by atoms with Crippen LogP contribution in [0.5, 0.6) is 5.75 Å². The molecule has 0 fully saturated rings. The third-order valence-electron chi connectivity index (χ3n) is 2.17. The molecule has 2 rings (SSSR count). The third-order valence-corrected chi connectivity index (χ3v) is 3.34. The molecule has 1 N–H and O–H groups in total. The van der Waals surface area contributed by atoms with E-state index in [1.165, 1.54) is 0 Å². The number of nitrogens with zero attached hydrogens (tertiary/aromatic N) is 2. The zero-order chi connectivity index (χ0) is 11.4. The summed E-state index contributed by atoms with van der Waals surface area (Å²) < 4.78 is 2.03. The average Bonchev–Trinajstić information content (AvgIpc) is 2.75. The number of benzene rings is 1. The van der Waals surface area contributed by atoms with Crippen LogP contribution >= 0.6 is 11.8 Å². The fraction of sp³-hybridized carbons (Fsp3) is 0.250. The van der Waals surface area contributed by atoms with Crippen molar-refractivity contribution in [1.29, 1.82) is 0 Å². The second-order valence-electron chi connectivity index (χ2n) is 3.44. The fourth-order valence-corrected chi connectivity index (χ4v) is 2.23. The van der Waals surface area contributed by atoms with Crippen LogP contribution in [-0.2, 0) is 0 Å². The summed E-state index contributed by atoms with van der Waals surface area (Å²) in [6.45, 7) is 2.15. The van der Waals surface area contributed by atoms with Crippen molar-refractivity contribution in [3.05, 3.63) is 36.7 Å². The number of hydrogen-bond acceptors (Lipinski definition) is 3. The molecule has 0 aliphatic carbocycles. The Hall–Kier alpha value is -1.42. The van der Waals surface area contributed by atoms with Gasteiger partial charge in [-0.05, 0) is 30.7 Å². The van der Waals surface area contributed by atoms with Gasteiger partial charge in [0.05, 0.1) is 0 Å². The number of aromatic hydroxyl groups is 1. The van der Waals surface area contributed by atoms with Crippen LogP contribution in [0.3, 0.4) is 0 Å². The molecule has 84 valence electrons. The summed E-state index contributed by atoms with van der Waals surface area (Å²) in [6, 6.07) is 7.13. The monoisotopic (exact) mass is 234 g/mol. The van der Waals surface area contributed by atoms with E-state index in [-0.39, 0.29) is 5.75 Å². The summed E-state index contributed by atoms with van der Waals surface area (Å²) in [5.41, 5.74) is 1.02. The molecule has 0 spiro atoms. The Kier molecular flexibility index (Phi) is 3.51. The van der Waals surface area contributed by atoms with Gasteiger partial charge >= 0.3 is 0 Å². The van der Waals surface area contributed by atoms with Crippen LogP contribution in [0.1, 0.15) is 13.3 Å². The number of aromatic nitrogens is 2. The molecule has 1 aromatic carbocycles. The maximum atomic E-state index is 9.23. The van der Waals surface area contributed by atoms with Crippen molar-refractivity contribution in [2.75, 3.05) is 5.75 Å². The first-order valence-electron chi connectivity index (χ1n) is 5.27. The molecule has 16 heavy (non-hydrogen) atoms. The number of rotatable bonds is 4. The minimum Gasteiger partial charge on any atom is -0.508 e. The quantitative estimate of drug-likeness (QED) is 0.826. The topological polar surface area (TPSA) is 38.0 Å². The van der Waals surface area contributed by atoms with Crippen LogP contribution in [0.25, 0.3) is 5.69 Å². The van der Waals surface area contributed by atoms with E-state index in [1.54, 1.807) is 30.1 Å². The van der Waals surface area contributed by atoms with Crippen molar-refractivity contribution in [3.63, 3.8) is 0 Å². The number of phenols is 1. The molecule has 2 aromatic rings. The van der Waals surface area contributed by atoms with Gasteiger partial charge in [0, 0.05) is 23.8 Å². The van der Waals surface area contributed by atoms with Crippen molar-refractivity contribution in [2.24, 2.45) is 0 Å². The van der Waals surface area contributed by atoms with Gasteiger partial charge in [0.1, 0.15) is 5.75 Å². The van der Waals surface area contributed by atoms with E-state index in [0.717, 1.165) is 23.0 Å². The molecule has 1 heterocycles. The Morgan fingerprint density at radius 2 is 2.06 bits per heavy atom. The first-order valence-corrected chi connectivity index (χ1v) is 6.25. The zero-order valence-electron chi connectivity index (χ0n) is 9.13. The van der Waals surface area contributed by atoms with Crippen LogP contribution in [0.2, 0.25) is 0 Å². The van der Waals surface area contributed by atoms with Gasteiger partial charge in [0.15, 0.2) is 5.16 Å². The predicted molar refractivity (Wildman–Crippen MR) is 66.2 cm³/mol. The van der Waals surface area contributed by atoms with Crippen LogP contribution in [0, 0.1) is 0 Å². The Labute approximate surface area is 99.1 Å². The summed E-state index contributed by atoms with van der Waals surface area (Å²) in [6.07, 6.45) is 4.86. The van der Waals surface area contributed by atoms with Gasteiger partial charge in [-0.2, -0.15) is 0 Å². The molecule has 0 saturated heterocycles. The van der Waals surface area contributed by atoms with Crippen LogP contribution in [0.4, 0.5) is 0 Å². The van der Waals surface area contributed by atoms with Crippen molar-refractivity contribution < 1.29 is 5.11 Å². The molecule has 0 radical (unpaired) electrons. The van der Waals surface area contributed by atoms with Gasteiger partial charge in [-0.3, -0.25) is 4.57 Å². The van der Waals surface area contributed by atoms with Gasteiger partial charge in [-0.25, -0.2) is 4.98 Å². The minimum atomic E-state index is 0.284. The number of phenolic OH excluding ortho intramolecular Hbond substituents is 1. The third kappa shape index (κ3) is 2.39. The van der Waals surface area contributed by atoms with Crippen LogP contribution < -0.4 is 0 Å². The lowest BCUT2D eigenvalue weighted by Crippen LogP contribution is -1.94. The number of thioether (sulfide) groups is 1. The van der Waals surface area contributed by atoms with Gasteiger partial charge in [0.25, 0.3) is 0 Å². The van der Waals surface area contributed by atoms with E-state index in [0.29, 0.717) is 0 Å². The van der Waals surface area contributed by atoms with E-state index in [1.807, 2.05) is 22.9 Å². The number of imidazole rings is 1. The van der Waals surface area contributed by atoms with E-state index in [9.17, 15) is 5.11 Å². The molecular weight excluding hydrogens is 220 g/mol. The van der Waals surface area contributed by atoms with E-state index >= 15 is 0 Å². The summed E-state index contributed by atoms with van der Waals surface area (Å²) in [4.78, 5) is 4.32. The smallest absolute Gasteiger partial charge is 0.172 e. The minimum absolute atomic E-state index is 0.284. The molecule has 0 aliphatic heterocycles. The average molecular weight is 234 g/mol. The zero-order valence-corrected chi connectivity index (χ0v) is 9.94. The lowest BCUT2D eigenvalue weighted by atomic mass is 10.3. The normalized spacial score (nSPS) is 10.6. The molecule has 0 amide bonds. The fourth-order valence-electron chi connectivity index (χ4n) is 1.40. The highest BCUT2D eigenvalue weighted by molar-refractivity contribution is 7.99. The summed E-state index contributed by atoms with van der Waals surface area (Å²) >= 11 is 1.74. The second kappa shape index (κ2) is 5.07. The van der Waals surface area contributed by atoms with Gasteiger partial charge in [-0.1, -0.05) is 18.7 Å². The van der Waals surface area contributed by atoms with Gasteiger partial charge in [-0.15, -0.1) is 0 Å². The maximum Gasteiger partial charge on any atom is 0.172 e. The molecule has 0 atom stereocenters. The molecule has 0 aliphatic rings. The Morgan fingerprint density at radius 3 is 2.75 bits per heavy atom. The highest BCUT2D eigenvalue weighted by Crippen LogP contribution is 2.22. The molecule has 0 saturated carbocycles. The summed E-state index contributed by atoms with van der Waals surface area (Å²) in [5.74, 6) is 1.35. The maximum absolute atomic E-state index is 9.23. The first-order chi connectivity index (χ1) is 7.81. The van der Waals surface area contributed by atoms with Gasteiger partial charge in [0.2, 0.25) is 0 Å². The van der Waals surface area contributed by atoms with Gasteiger partial charge < -0.3 is 5.11 Å². The predicted octanol–water partition coefficient (Wildman–Crippen LogP) is 3.08. The Bertz CT molecular complexity index is 450. The first kappa shape index (κ1) is 11.1. The summed E-state index contributed by atoms with van der Waals surface area (Å²) in [7, 11) is 0. The van der Waals surface area contributed by atoms with Crippen molar-refractivity contribution in [1.82, 2.24) is 9.55 Å². The van der Waals surface area contributed by atoms with E-state index in [2.05, 4.69) is 11.9 Å². The molecular formula is C12H14N2OS. The second-order valence-corrected chi connectivity index (χ2v) is 4.51. The van der Waals surface area contributed by atoms with E-state index < -0.39 is 0 Å². The van der Waals surface area contributed by atoms with Crippen LogP contribution in [0.15, 0.2) is 41.8 Å². The standard InChI is InChI=1S/C12H14N2OS/c1-2-9-16-12-13-7-8-14(12)10-3-5-11(15)6-4-10/h3-8,15H,2,9H2,1H3. The van der Waals surface area contributed by atoms with Crippen LogP contribution in [-0.4, -0.2) is 20.4 Å². The SMILES string of the molecule is CCCSc1nccn1-c1ccc(O)cc1.